The molecule has 1 aliphatic rings. The van der Waals surface area contributed by atoms with E-state index in [2.05, 4.69) is 65.5 Å². The average Bonchev–Trinajstić information content (AvgIpc) is 3.28. The van der Waals surface area contributed by atoms with Crippen molar-refractivity contribution in [2.45, 2.75) is 25.9 Å². The Bertz CT molecular complexity index is 1280. The number of nitrogens with zero attached hydrogens (tertiary/aromatic N) is 2. The van der Waals surface area contributed by atoms with Crippen molar-refractivity contribution in [3.63, 3.8) is 0 Å². The van der Waals surface area contributed by atoms with Crippen molar-refractivity contribution in [1.82, 2.24) is 9.47 Å². The van der Waals surface area contributed by atoms with E-state index in [0.29, 0.717) is 18.0 Å². The number of fused-ring (bicyclic) bond motifs is 3. The molecule has 5 heteroatoms. The first-order chi connectivity index (χ1) is 16.2. The standard InChI is InChI=1S/C28H27N3O2/c1-3-20-14-16-21(17-15-20)27-25-12-8-18-30(25)24-11-6-4-9-22(24)19-31(27)28(32)29-23-10-5-7-13-26(23)33-2/h4-18,27H,3,19H2,1-2H3,(H,29,32)/t27-/m0/s1. The van der Waals surface area contributed by atoms with Crippen molar-refractivity contribution in [2.24, 2.45) is 0 Å². The first kappa shape index (κ1) is 20.9. The number of anilines is 1. The molecule has 5 nitrogen and oxygen atoms in total. The number of amides is 2. The molecule has 0 aliphatic carbocycles. The summed E-state index contributed by atoms with van der Waals surface area (Å²) in [7, 11) is 1.61. The van der Waals surface area contributed by atoms with Crippen molar-refractivity contribution in [2.75, 3.05) is 12.4 Å². The minimum atomic E-state index is -0.243. The van der Waals surface area contributed by atoms with Gasteiger partial charge in [-0.15, -0.1) is 0 Å². The van der Waals surface area contributed by atoms with Crippen molar-refractivity contribution in [3.05, 3.63) is 114 Å². The SMILES string of the molecule is CCc1ccc([C@H]2c3cccn3-c3ccccc3CN2C(=O)Nc2ccccc2OC)cc1. The molecule has 2 heterocycles. The van der Waals surface area contributed by atoms with Crippen LogP contribution in [0.5, 0.6) is 5.75 Å². The molecule has 0 fully saturated rings. The molecule has 5 rings (SSSR count). The molecule has 166 valence electrons. The second-order valence-corrected chi connectivity index (χ2v) is 8.19. The van der Waals surface area contributed by atoms with E-state index in [-0.39, 0.29) is 12.1 Å². The number of hydrogen-bond donors (Lipinski definition) is 1. The Morgan fingerprint density at radius 1 is 0.970 bits per heavy atom. The van der Waals surface area contributed by atoms with Crippen molar-refractivity contribution in [3.8, 4) is 11.4 Å². The van der Waals surface area contributed by atoms with Gasteiger partial charge in [-0.05, 0) is 53.4 Å². The monoisotopic (exact) mass is 437 g/mol. The summed E-state index contributed by atoms with van der Waals surface area (Å²) in [4.78, 5) is 15.7. The van der Waals surface area contributed by atoms with Crippen LogP contribution >= 0.6 is 0 Å². The van der Waals surface area contributed by atoms with Crippen molar-refractivity contribution < 1.29 is 9.53 Å². The topological polar surface area (TPSA) is 46.5 Å². The quantitative estimate of drug-likeness (QED) is 0.414. The number of aryl methyl sites for hydroxylation is 1. The maximum absolute atomic E-state index is 13.8. The lowest BCUT2D eigenvalue weighted by Gasteiger charge is -2.31. The van der Waals surface area contributed by atoms with Crippen LogP contribution in [0.3, 0.4) is 0 Å². The van der Waals surface area contributed by atoms with Crippen LogP contribution in [0.25, 0.3) is 5.69 Å². The lowest BCUT2D eigenvalue weighted by molar-refractivity contribution is 0.194. The molecule has 0 saturated carbocycles. The van der Waals surface area contributed by atoms with Gasteiger partial charge in [-0.1, -0.05) is 61.5 Å². The predicted molar refractivity (Wildman–Crippen MR) is 131 cm³/mol. The number of carbonyl (C=O) groups is 1. The number of urea groups is 1. The fraction of sp³-hybridized carbons (Fsp3) is 0.179. The molecule has 3 aromatic carbocycles. The van der Waals surface area contributed by atoms with Crippen molar-refractivity contribution in [1.29, 1.82) is 0 Å². The van der Waals surface area contributed by atoms with Gasteiger partial charge in [0.25, 0.3) is 0 Å². The zero-order chi connectivity index (χ0) is 22.8. The third kappa shape index (κ3) is 3.87. The molecule has 1 aromatic heterocycles. The average molecular weight is 438 g/mol. The van der Waals surface area contributed by atoms with Crippen LogP contribution < -0.4 is 10.1 Å². The molecule has 1 atom stereocenters. The number of ether oxygens (including phenoxy) is 1. The first-order valence-electron chi connectivity index (χ1n) is 11.2. The number of para-hydroxylation sites is 3. The minimum absolute atomic E-state index is 0.173. The molecule has 2 amide bonds. The Morgan fingerprint density at radius 3 is 2.52 bits per heavy atom. The van der Waals surface area contributed by atoms with Gasteiger partial charge in [0.15, 0.2) is 0 Å². The van der Waals surface area contributed by atoms with Crippen LogP contribution in [-0.4, -0.2) is 22.6 Å². The summed E-state index contributed by atoms with van der Waals surface area (Å²) in [6.07, 6.45) is 3.05. The molecule has 0 bridgehead atoms. The Labute approximate surface area is 194 Å². The minimum Gasteiger partial charge on any atom is -0.495 e. The molecule has 1 aliphatic heterocycles. The Kier molecular flexibility index (Phi) is 5.61. The van der Waals surface area contributed by atoms with E-state index < -0.39 is 0 Å². The number of hydrogen-bond acceptors (Lipinski definition) is 2. The summed E-state index contributed by atoms with van der Waals surface area (Å²) in [5.74, 6) is 0.633. The van der Waals surface area contributed by atoms with E-state index in [0.717, 1.165) is 28.9 Å². The fourth-order valence-corrected chi connectivity index (χ4v) is 4.56. The normalized spacial score (nSPS) is 14.7. The Morgan fingerprint density at radius 2 is 1.73 bits per heavy atom. The van der Waals surface area contributed by atoms with Gasteiger partial charge in [0.1, 0.15) is 5.75 Å². The molecule has 1 N–H and O–H groups in total. The van der Waals surface area contributed by atoms with E-state index in [9.17, 15) is 4.79 Å². The van der Waals surface area contributed by atoms with Gasteiger partial charge in [-0.25, -0.2) is 4.79 Å². The molecule has 0 spiro atoms. The highest BCUT2D eigenvalue weighted by molar-refractivity contribution is 5.91. The number of nitrogens with one attached hydrogen (secondary N) is 1. The summed E-state index contributed by atoms with van der Waals surface area (Å²) in [5, 5.41) is 3.09. The van der Waals surface area contributed by atoms with Crippen LogP contribution in [0.15, 0.2) is 91.1 Å². The molecule has 0 unspecified atom stereocenters. The van der Waals surface area contributed by atoms with Gasteiger partial charge < -0.3 is 19.5 Å². The zero-order valence-electron chi connectivity index (χ0n) is 18.9. The summed E-state index contributed by atoms with van der Waals surface area (Å²) in [6.45, 7) is 2.63. The maximum Gasteiger partial charge on any atom is 0.323 e. The van der Waals surface area contributed by atoms with Crippen LogP contribution in [0.4, 0.5) is 10.5 Å². The highest BCUT2D eigenvalue weighted by atomic mass is 16.5. The van der Waals surface area contributed by atoms with Crippen LogP contribution in [0.1, 0.15) is 35.3 Å². The highest BCUT2D eigenvalue weighted by Gasteiger charge is 2.33. The number of carbonyl (C=O) groups excluding carboxylic acids is 1. The van der Waals surface area contributed by atoms with Crippen LogP contribution in [0.2, 0.25) is 0 Å². The number of aromatic nitrogens is 1. The van der Waals surface area contributed by atoms with Crippen LogP contribution in [-0.2, 0) is 13.0 Å². The second-order valence-electron chi connectivity index (χ2n) is 8.19. The van der Waals surface area contributed by atoms with E-state index in [1.54, 1.807) is 7.11 Å². The molecule has 0 saturated heterocycles. The third-order valence-corrected chi connectivity index (χ3v) is 6.28. The van der Waals surface area contributed by atoms with Crippen molar-refractivity contribution >= 4 is 11.7 Å². The zero-order valence-corrected chi connectivity index (χ0v) is 18.9. The highest BCUT2D eigenvalue weighted by Crippen LogP contribution is 2.37. The number of methoxy groups -OCH3 is 1. The largest absolute Gasteiger partial charge is 0.495 e. The van der Waals surface area contributed by atoms with Gasteiger partial charge in [-0.2, -0.15) is 0 Å². The van der Waals surface area contributed by atoms with E-state index >= 15 is 0 Å². The summed E-state index contributed by atoms with van der Waals surface area (Å²) in [5.41, 5.74) is 6.25. The van der Waals surface area contributed by atoms with E-state index in [1.807, 2.05) is 47.4 Å². The van der Waals surface area contributed by atoms with Gasteiger partial charge in [0.05, 0.1) is 31.1 Å². The molecule has 4 aromatic rings. The summed E-state index contributed by atoms with van der Waals surface area (Å²) >= 11 is 0. The number of rotatable bonds is 4. The maximum atomic E-state index is 13.8. The fourth-order valence-electron chi connectivity index (χ4n) is 4.56. The lowest BCUT2D eigenvalue weighted by Crippen LogP contribution is -2.38. The van der Waals surface area contributed by atoms with E-state index in [1.165, 1.54) is 5.56 Å². The summed E-state index contributed by atoms with van der Waals surface area (Å²) in [6, 6.07) is 28.1. The van der Waals surface area contributed by atoms with Gasteiger partial charge >= 0.3 is 6.03 Å². The Hall–Kier alpha value is -3.99. The summed E-state index contributed by atoms with van der Waals surface area (Å²) < 4.78 is 7.66. The molecule has 33 heavy (non-hydrogen) atoms. The molecular formula is C28H27N3O2. The van der Waals surface area contributed by atoms with Gasteiger partial charge in [0, 0.05) is 11.9 Å². The van der Waals surface area contributed by atoms with Gasteiger partial charge in [-0.3, -0.25) is 0 Å². The lowest BCUT2D eigenvalue weighted by atomic mass is 10.00. The molecule has 0 radical (unpaired) electrons. The Balaban J connectivity index is 1.62. The predicted octanol–water partition coefficient (Wildman–Crippen LogP) is 6.19. The second kappa shape index (κ2) is 8.87. The third-order valence-electron chi connectivity index (χ3n) is 6.28. The first-order valence-corrected chi connectivity index (χ1v) is 11.2. The van der Waals surface area contributed by atoms with E-state index in [4.69, 9.17) is 4.74 Å². The number of benzene rings is 3. The van der Waals surface area contributed by atoms with Gasteiger partial charge in [0.2, 0.25) is 0 Å². The molecular weight excluding hydrogens is 410 g/mol. The van der Waals surface area contributed by atoms with Crippen LogP contribution in [0, 0.1) is 0 Å². The smallest absolute Gasteiger partial charge is 0.323 e.